The number of aryl methyl sites for hydroxylation is 4. The van der Waals surface area contributed by atoms with E-state index in [0.717, 1.165) is 73.2 Å². The zero-order chi connectivity index (χ0) is 55.0. The number of aromatic nitrogens is 4. The molecule has 418 valence electrons. The molecule has 4 aromatic carbocycles. The Balaban J connectivity index is 0.964. The molecule has 0 N–H and O–H groups in total. The van der Waals surface area contributed by atoms with Gasteiger partial charge < -0.3 is 70.2 Å². The standard InChI is InChI=1S/C60H73BF2N8O8/c1-42-8-15-52-55(36-42)77-28-22-68(23-29-78-56-37-43(2)9-16-53(56)67-20-26-75-33-31-73-24-18-66(52)19-25-74-32-34-76-27-21-67)54-17-14-50(40-57(54)79-35-30-72-7)69-41-51(64-65-69)48-10-12-49(13-11-48)58-59-44(3)38-46(5)70(59)61(62,63)71-47(6)39-45(4)60(58)71/h8-17,36-41H,18-35H2,1-7H3. The monoisotopic (exact) mass is 1080 g/mol. The van der Waals surface area contributed by atoms with Crippen LogP contribution in [0.15, 0.2) is 108 Å². The number of ether oxygens (including phenoxy) is 8. The molecule has 2 aromatic heterocycles. The second kappa shape index (κ2) is 25.0. The highest BCUT2D eigenvalue weighted by Gasteiger charge is 2.55. The summed E-state index contributed by atoms with van der Waals surface area (Å²) >= 11 is 0. The third-order valence-electron chi connectivity index (χ3n) is 14.9. The molecule has 2 bridgehead atoms. The fourth-order valence-electron chi connectivity index (χ4n) is 11.1. The first-order valence-electron chi connectivity index (χ1n) is 27.5. The van der Waals surface area contributed by atoms with Crippen molar-refractivity contribution in [1.82, 2.24) is 19.5 Å². The molecule has 0 spiro atoms. The first-order chi connectivity index (χ1) is 38.4. The first kappa shape index (κ1) is 55.3. The molecule has 79 heavy (non-hydrogen) atoms. The highest BCUT2D eigenvalue weighted by molar-refractivity contribution is 6.58. The first-order valence-corrected chi connectivity index (χ1v) is 27.5. The summed E-state index contributed by atoms with van der Waals surface area (Å²) in [6.07, 6.45) is 3.73. The van der Waals surface area contributed by atoms with Gasteiger partial charge in [0.1, 0.15) is 48.5 Å². The molecule has 16 nitrogen and oxygen atoms in total. The minimum absolute atomic E-state index is 0.305. The highest BCUT2D eigenvalue weighted by Crippen LogP contribution is 2.45. The molecule has 1 fully saturated rings. The number of hydrogen-bond acceptors (Lipinski definition) is 13. The molecule has 0 radical (unpaired) electrons. The maximum absolute atomic E-state index is 16.4. The van der Waals surface area contributed by atoms with Gasteiger partial charge in [-0.3, -0.25) is 0 Å². The third-order valence-corrected chi connectivity index (χ3v) is 14.9. The van der Waals surface area contributed by atoms with Crippen LogP contribution in [0.25, 0.3) is 22.5 Å². The molecule has 0 unspecified atom stereocenters. The van der Waals surface area contributed by atoms with E-state index in [1.54, 1.807) is 25.6 Å². The van der Waals surface area contributed by atoms with E-state index in [4.69, 9.17) is 37.9 Å². The van der Waals surface area contributed by atoms with Gasteiger partial charge in [-0.1, -0.05) is 41.6 Å². The van der Waals surface area contributed by atoms with E-state index in [-0.39, 0.29) is 0 Å². The highest BCUT2D eigenvalue weighted by atomic mass is 19.2. The zero-order valence-electron chi connectivity index (χ0n) is 46.6. The average molecular weight is 1080 g/mol. The Morgan fingerprint density at radius 3 is 1.70 bits per heavy atom. The van der Waals surface area contributed by atoms with Crippen LogP contribution >= 0.6 is 0 Å². The second-order valence-electron chi connectivity index (χ2n) is 20.5. The van der Waals surface area contributed by atoms with Crippen LogP contribution in [-0.2, 0) is 23.7 Å². The predicted molar refractivity (Wildman–Crippen MR) is 305 cm³/mol. The van der Waals surface area contributed by atoms with Crippen molar-refractivity contribution in [3.63, 3.8) is 0 Å². The van der Waals surface area contributed by atoms with Crippen molar-refractivity contribution in [3.05, 3.63) is 142 Å². The number of rotatable bonds is 8. The SMILES string of the molecule is COCCOc1cc(-n2cc(-c3ccc(C4=C5C(C)=CC(C)=[N+]5[B-](F)(F)n5c(C)cc(C)c54)cc3)nn2)ccc1N1CCOc2cc(C)ccc2N2CCOCCOCCN(CCOCCOCC2)c2ccc(C)cc2OCC1. The van der Waals surface area contributed by atoms with Gasteiger partial charge in [0, 0.05) is 69.2 Å². The summed E-state index contributed by atoms with van der Waals surface area (Å²) in [4.78, 5) is 6.76. The van der Waals surface area contributed by atoms with Crippen LogP contribution in [0, 0.1) is 27.7 Å². The summed E-state index contributed by atoms with van der Waals surface area (Å²) in [5, 5.41) is 9.22. The minimum atomic E-state index is -4.08. The molecule has 5 aliphatic rings. The Kier molecular flexibility index (Phi) is 17.5. The number of halogens is 2. The molecule has 0 aliphatic carbocycles. The van der Waals surface area contributed by atoms with Gasteiger partial charge >= 0.3 is 6.97 Å². The fraction of sp³-hybridized carbons (Fsp3) is 0.417. The smallest absolute Gasteiger partial charge is 0.490 e. The van der Waals surface area contributed by atoms with Gasteiger partial charge in [-0.15, -0.1) is 5.10 Å². The number of anilines is 3. The van der Waals surface area contributed by atoms with Gasteiger partial charge in [0.2, 0.25) is 0 Å². The van der Waals surface area contributed by atoms with Crippen molar-refractivity contribution in [1.29, 1.82) is 0 Å². The van der Waals surface area contributed by atoms with Crippen LogP contribution < -0.4 is 28.9 Å². The van der Waals surface area contributed by atoms with Gasteiger partial charge in [-0.05, 0) is 105 Å². The molecule has 6 aromatic rings. The van der Waals surface area contributed by atoms with Crippen molar-refractivity contribution in [2.75, 3.05) is 140 Å². The van der Waals surface area contributed by atoms with Gasteiger partial charge in [-0.2, -0.15) is 0 Å². The topological polar surface area (TPSA) is 122 Å². The molecule has 0 saturated carbocycles. The Labute approximate surface area is 462 Å². The molecular weight excluding hydrogens is 1010 g/mol. The summed E-state index contributed by atoms with van der Waals surface area (Å²) in [5.74, 6) is 2.16. The maximum atomic E-state index is 16.4. The lowest BCUT2D eigenvalue weighted by molar-refractivity contribution is -0.363. The number of hydrogen-bond donors (Lipinski definition) is 0. The summed E-state index contributed by atoms with van der Waals surface area (Å²) < 4.78 is 87.0. The van der Waals surface area contributed by atoms with E-state index in [2.05, 4.69) is 75.3 Å². The van der Waals surface area contributed by atoms with E-state index in [0.29, 0.717) is 153 Å². The van der Waals surface area contributed by atoms with Crippen molar-refractivity contribution in [3.8, 4) is 34.2 Å². The molecule has 0 atom stereocenters. The Bertz CT molecular complexity index is 3110. The molecule has 19 heteroatoms. The van der Waals surface area contributed by atoms with Crippen molar-refractivity contribution >= 4 is 35.3 Å². The van der Waals surface area contributed by atoms with E-state index >= 15 is 8.63 Å². The summed E-state index contributed by atoms with van der Waals surface area (Å²) in [6, 6.07) is 28.4. The Morgan fingerprint density at radius 1 is 0.595 bits per heavy atom. The van der Waals surface area contributed by atoms with E-state index in [1.165, 1.54) is 8.96 Å². The number of methoxy groups -OCH3 is 1. The molecule has 11 rings (SSSR count). The lowest BCUT2D eigenvalue weighted by Gasteiger charge is -2.34. The molecule has 0 amide bonds. The van der Waals surface area contributed by atoms with Gasteiger partial charge in [0.25, 0.3) is 0 Å². The summed E-state index contributed by atoms with van der Waals surface area (Å²) in [6.45, 7) is 16.2. The van der Waals surface area contributed by atoms with Gasteiger partial charge in [0.15, 0.2) is 5.70 Å². The maximum Gasteiger partial charge on any atom is 0.737 e. The lowest BCUT2D eigenvalue weighted by atomic mass is 9.83. The number of fused-ring (bicyclic) bond motifs is 22. The lowest BCUT2D eigenvalue weighted by Crippen LogP contribution is -2.51. The van der Waals surface area contributed by atoms with Crippen molar-refractivity contribution in [2.24, 2.45) is 0 Å². The van der Waals surface area contributed by atoms with Crippen LogP contribution in [0.2, 0.25) is 0 Å². The van der Waals surface area contributed by atoms with Crippen molar-refractivity contribution < 1.29 is 51.0 Å². The summed E-state index contributed by atoms with van der Waals surface area (Å²) in [7, 11) is 1.65. The normalized spacial score (nSPS) is 18.0. The van der Waals surface area contributed by atoms with Crippen LogP contribution in [0.5, 0.6) is 17.2 Å². The number of nitrogens with zero attached hydrogens (tertiary/aromatic N) is 8. The van der Waals surface area contributed by atoms with E-state index < -0.39 is 6.97 Å². The second-order valence-corrected chi connectivity index (χ2v) is 20.5. The third kappa shape index (κ3) is 12.3. The van der Waals surface area contributed by atoms with E-state index in [1.807, 2.05) is 74.7 Å². The van der Waals surface area contributed by atoms with Crippen LogP contribution in [0.1, 0.15) is 47.5 Å². The largest absolute Gasteiger partial charge is 0.737 e. The van der Waals surface area contributed by atoms with Crippen molar-refractivity contribution in [2.45, 2.75) is 41.5 Å². The molecule has 1 saturated heterocycles. The van der Waals surface area contributed by atoms with Crippen LogP contribution in [0.3, 0.4) is 0 Å². The molecule has 7 heterocycles. The quantitative estimate of drug-likeness (QED) is 0.0820. The fourth-order valence-corrected chi connectivity index (χ4v) is 11.1. The summed E-state index contributed by atoms with van der Waals surface area (Å²) in [5.41, 5.74) is 12.5. The number of allylic oxidation sites excluding steroid dienone is 2. The van der Waals surface area contributed by atoms with Crippen LogP contribution in [0.4, 0.5) is 25.7 Å². The Hall–Kier alpha value is -7.03. The average Bonchev–Trinajstić information content (AvgIpc) is 4.25. The van der Waals surface area contributed by atoms with Gasteiger partial charge in [-0.25, -0.2) is 4.68 Å². The van der Waals surface area contributed by atoms with Crippen LogP contribution in [-0.4, -0.2) is 162 Å². The minimum Gasteiger partial charge on any atom is -0.490 e. The molecule has 5 aliphatic heterocycles. The Morgan fingerprint density at radius 2 is 1.13 bits per heavy atom. The number of benzene rings is 4. The van der Waals surface area contributed by atoms with Gasteiger partial charge in [0.05, 0.1) is 107 Å². The molecular formula is C60H73BF2N8O8. The zero-order valence-corrected chi connectivity index (χ0v) is 46.6. The van der Waals surface area contributed by atoms with E-state index in [9.17, 15) is 0 Å². The predicted octanol–water partition coefficient (Wildman–Crippen LogP) is 9.09.